The predicted molar refractivity (Wildman–Crippen MR) is 73.5 cm³/mol. The first kappa shape index (κ1) is 13.4. The van der Waals surface area contributed by atoms with Crippen LogP contribution in [0.1, 0.15) is 23.6 Å². The second kappa shape index (κ2) is 6.84. The summed E-state index contributed by atoms with van der Waals surface area (Å²) in [5, 5.41) is 3.42. The van der Waals surface area contributed by atoms with E-state index in [2.05, 4.69) is 52.9 Å². The van der Waals surface area contributed by atoms with Gasteiger partial charge in [0.2, 0.25) is 0 Å². The highest BCUT2D eigenvalue weighted by Crippen LogP contribution is 2.20. The van der Waals surface area contributed by atoms with Gasteiger partial charge in [-0.25, -0.2) is 0 Å². The zero-order chi connectivity index (χ0) is 12.0. The molecule has 1 aromatic carbocycles. The predicted octanol–water partition coefficient (Wildman–Crippen LogP) is 2.92. The van der Waals surface area contributed by atoms with E-state index in [-0.39, 0.29) is 6.04 Å². The molecule has 3 heteroatoms. The molecule has 1 rings (SSSR count). The number of benzene rings is 1. The number of halogens is 1. The summed E-state index contributed by atoms with van der Waals surface area (Å²) in [6.45, 7) is 7.32. The molecule has 1 unspecified atom stereocenters. The molecule has 0 amide bonds. The molecule has 0 spiro atoms. The lowest BCUT2D eigenvalue weighted by atomic mass is 10.0. The van der Waals surface area contributed by atoms with E-state index in [9.17, 15) is 0 Å². The third kappa shape index (κ3) is 3.74. The van der Waals surface area contributed by atoms with Crippen molar-refractivity contribution < 1.29 is 0 Å². The highest BCUT2D eigenvalue weighted by Gasteiger charge is 2.09. The van der Waals surface area contributed by atoms with Gasteiger partial charge in [-0.05, 0) is 37.1 Å². The Morgan fingerprint density at radius 2 is 2.31 bits per heavy atom. The first-order chi connectivity index (χ1) is 7.69. The molecule has 0 aromatic heterocycles. The van der Waals surface area contributed by atoms with E-state index in [1.54, 1.807) is 0 Å². The van der Waals surface area contributed by atoms with Crippen LogP contribution in [0.2, 0.25) is 0 Å². The molecule has 3 N–H and O–H groups in total. The van der Waals surface area contributed by atoms with Gasteiger partial charge >= 0.3 is 0 Å². The molecule has 0 bridgehead atoms. The maximum absolute atomic E-state index is 5.78. The van der Waals surface area contributed by atoms with Crippen molar-refractivity contribution in [3.8, 4) is 0 Å². The van der Waals surface area contributed by atoms with Crippen molar-refractivity contribution in [2.75, 3.05) is 13.1 Å². The molecule has 2 nitrogen and oxygen atoms in total. The lowest BCUT2D eigenvalue weighted by Crippen LogP contribution is -2.28. The van der Waals surface area contributed by atoms with Crippen LogP contribution in [-0.4, -0.2) is 13.1 Å². The molecule has 0 aliphatic rings. The third-order valence-electron chi connectivity index (χ3n) is 2.56. The monoisotopic (exact) mass is 282 g/mol. The van der Waals surface area contributed by atoms with Crippen LogP contribution in [-0.2, 0) is 0 Å². The average molecular weight is 283 g/mol. The summed E-state index contributed by atoms with van der Waals surface area (Å²) in [5.74, 6) is 0. The van der Waals surface area contributed by atoms with Crippen LogP contribution in [0.15, 0.2) is 35.3 Å². The Morgan fingerprint density at radius 1 is 1.56 bits per heavy atom. The van der Waals surface area contributed by atoms with Gasteiger partial charge in [0.05, 0.1) is 0 Å². The Hall–Kier alpha value is -0.640. The van der Waals surface area contributed by atoms with Gasteiger partial charge in [0.25, 0.3) is 0 Å². The molecule has 0 heterocycles. The van der Waals surface area contributed by atoms with Gasteiger partial charge in [-0.15, -0.1) is 6.58 Å². The van der Waals surface area contributed by atoms with Gasteiger partial charge in [-0.1, -0.05) is 34.1 Å². The zero-order valence-electron chi connectivity index (χ0n) is 9.67. The summed E-state index contributed by atoms with van der Waals surface area (Å²) in [7, 11) is 0. The topological polar surface area (TPSA) is 38.0 Å². The normalized spacial score (nSPS) is 12.4. The molecule has 0 saturated carbocycles. The minimum absolute atomic E-state index is 0.228. The number of hydrogen-bond acceptors (Lipinski definition) is 2. The zero-order valence-corrected chi connectivity index (χ0v) is 11.3. The van der Waals surface area contributed by atoms with Crippen LogP contribution in [0.4, 0.5) is 0 Å². The molecule has 0 radical (unpaired) electrons. The fraction of sp³-hybridized carbons (Fsp3) is 0.385. The average Bonchev–Trinajstić information content (AvgIpc) is 2.29. The van der Waals surface area contributed by atoms with Gasteiger partial charge in [-0.2, -0.15) is 0 Å². The Labute approximate surface area is 106 Å². The lowest BCUT2D eigenvalue weighted by Gasteiger charge is -2.17. The Bertz CT molecular complexity index is 350. The minimum atomic E-state index is 0.228. The smallest absolute Gasteiger partial charge is 0.0444 e. The van der Waals surface area contributed by atoms with Gasteiger partial charge in [0, 0.05) is 17.1 Å². The molecule has 0 saturated heterocycles. The molecule has 16 heavy (non-hydrogen) atoms. The summed E-state index contributed by atoms with van der Waals surface area (Å²) in [5.41, 5.74) is 8.26. The highest BCUT2D eigenvalue weighted by atomic mass is 79.9. The number of nitrogens with one attached hydrogen (secondary N) is 1. The molecule has 1 atom stereocenters. The lowest BCUT2D eigenvalue weighted by molar-refractivity contribution is 0.548. The van der Waals surface area contributed by atoms with Crippen molar-refractivity contribution in [2.45, 2.75) is 19.4 Å². The maximum atomic E-state index is 5.78. The van der Waals surface area contributed by atoms with E-state index < -0.39 is 0 Å². The van der Waals surface area contributed by atoms with E-state index in [1.807, 2.05) is 6.08 Å². The van der Waals surface area contributed by atoms with Crippen LogP contribution in [0, 0.1) is 6.92 Å². The highest BCUT2D eigenvalue weighted by molar-refractivity contribution is 9.10. The van der Waals surface area contributed by atoms with Crippen molar-refractivity contribution >= 4 is 15.9 Å². The summed E-state index contributed by atoms with van der Waals surface area (Å²) < 4.78 is 1.14. The first-order valence-corrected chi connectivity index (χ1v) is 6.28. The number of nitrogens with two attached hydrogens (primary N) is 1. The van der Waals surface area contributed by atoms with Gasteiger partial charge in [0.15, 0.2) is 0 Å². The molecule has 88 valence electrons. The fourth-order valence-electron chi connectivity index (χ4n) is 1.58. The van der Waals surface area contributed by atoms with Gasteiger partial charge < -0.3 is 11.1 Å². The molecule has 0 aliphatic carbocycles. The summed E-state index contributed by atoms with van der Waals surface area (Å²) in [6, 6.07) is 6.58. The molecule has 1 aromatic rings. The van der Waals surface area contributed by atoms with Crippen molar-refractivity contribution in [1.29, 1.82) is 0 Å². The van der Waals surface area contributed by atoms with Crippen molar-refractivity contribution in [1.82, 2.24) is 5.32 Å². The van der Waals surface area contributed by atoms with E-state index in [0.717, 1.165) is 17.4 Å². The quantitative estimate of drug-likeness (QED) is 0.622. The first-order valence-electron chi connectivity index (χ1n) is 5.49. The van der Waals surface area contributed by atoms with E-state index in [0.29, 0.717) is 6.54 Å². The molecular formula is C13H19BrN2. The largest absolute Gasteiger partial charge is 0.329 e. The number of hydrogen-bond donors (Lipinski definition) is 2. The van der Waals surface area contributed by atoms with E-state index in [1.165, 1.54) is 11.1 Å². The van der Waals surface area contributed by atoms with Crippen molar-refractivity contribution in [2.24, 2.45) is 5.73 Å². The molecule has 0 aliphatic heterocycles. The van der Waals surface area contributed by atoms with Crippen molar-refractivity contribution in [3.63, 3.8) is 0 Å². The summed E-state index contributed by atoms with van der Waals surface area (Å²) in [4.78, 5) is 0. The second-order valence-corrected chi connectivity index (χ2v) is 4.68. The van der Waals surface area contributed by atoms with E-state index >= 15 is 0 Å². The Morgan fingerprint density at radius 3 is 2.88 bits per heavy atom. The standard InChI is InChI=1S/C13H19BrN2/c1-3-4-7-16-13(9-15)11-5-6-12(14)10(2)8-11/h3,5-6,8,13,16H,1,4,7,9,15H2,2H3. The van der Waals surface area contributed by atoms with Crippen LogP contribution in [0.5, 0.6) is 0 Å². The van der Waals surface area contributed by atoms with E-state index in [4.69, 9.17) is 5.73 Å². The molecular weight excluding hydrogens is 264 g/mol. The van der Waals surface area contributed by atoms with Crippen LogP contribution < -0.4 is 11.1 Å². The fourth-order valence-corrected chi connectivity index (χ4v) is 1.83. The Balaban J connectivity index is 2.70. The van der Waals surface area contributed by atoms with Crippen LogP contribution in [0.25, 0.3) is 0 Å². The molecule has 0 fully saturated rings. The van der Waals surface area contributed by atoms with Crippen LogP contribution >= 0.6 is 15.9 Å². The number of rotatable bonds is 6. The third-order valence-corrected chi connectivity index (χ3v) is 3.45. The number of aryl methyl sites for hydroxylation is 1. The summed E-state index contributed by atoms with van der Waals surface area (Å²) in [6.07, 6.45) is 2.87. The van der Waals surface area contributed by atoms with Crippen LogP contribution in [0.3, 0.4) is 0 Å². The second-order valence-electron chi connectivity index (χ2n) is 3.83. The van der Waals surface area contributed by atoms with Gasteiger partial charge in [-0.3, -0.25) is 0 Å². The maximum Gasteiger partial charge on any atom is 0.0444 e. The van der Waals surface area contributed by atoms with Gasteiger partial charge in [0.1, 0.15) is 0 Å². The minimum Gasteiger partial charge on any atom is -0.329 e. The Kier molecular flexibility index (Phi) is 5.74. The summed E-state index contributed by atoms with van der Waals surface area (Å²) >= 11 is 3.50. The van der Waals surface area contributed by atoms with Crippen molar-refractivity contribution in [3.05, 3.63) is 46.5 Å². The SMILES string of the molecule is C=CCCNC(CN)c1ccc(Br)c(C)c1.